The molecule has 0 heterocycles. The Morgan fingerprint density at radius 3 is 2.65 bits per heavy atom. The number of carbonyl (C=O) groups is 1. The molecule has 0 N–H and O–H groups in total. The molecule has 0 atom stereocenters. The molecule has 3 nitrogen and oxygen atoms in total. The van der Waals surface area contributed by atoms with Crippen LogP contribution in [0.5, 0.6) is 5.75 Å². The second-order valence-electron chi connectivity index (χ2n) is 4.62. The molecule has 0 fully saturated rings. The lowest BCUT2D eigenvalue weighted by atomic mass is 10.1. The van der Waals surface area contributed by atoms with Gasteiger partial charge in [0.15, 0.2) is 11.6 Å². The van der Waals surface area contributed by atoms with Gasteiger partial charge in [-0.3, -0.25) is 0 Å². The van der Waals surface area contributed by atoms with Gasteiger partial charge in [0.1, 0.15) is 5.60 Å². The predicted octanol–water partition coefficient (Wildman–Crippen LogP) is 2.65. The van der Waals surface area contributed by atoms with Crippen LogP contribution >= 0.6 is 0 Å². The van der Waals surface area contributed by atoms with E-state index in [2.05, 4.69) is 6.58 Å². The van der Waals surface area contributed by atoms with Crippen LogP contribution in [-0.2, 0) is 0 Å². The first-order valence-corrected chi connectivity index (χ1v) is 6.02. The smallest absolute Gasteiger partial charge is 0.165 e. The van der Waals surface area contributed by atoms with E-state index in [9.17, 15) is 14.3 Å². The van der Waals surface area contributed by atoms with Crippen molar-refractivity contribution in [3.05, 3.63) is 66.5 Å². The lowest BCUT2D eigenvalue weighted by Gasteiger charge is -2.23. The van der Waals surface area contributed by atoms with E-state index in [1.807, 2.05) is 0 Å². The molecule has 0 bridgehead atoms. The lowest BCUT2D eigenvalue weighted by molar-refractivity contribution is -0.255. The zero-order valence-electron chi connectivity index (χ0n) is 11.4. The van der Waals surface area contributed by atoms with Gasteiger partial charge in [-0.2, -0.15) is 0 Å². The molecule has 20 heavy (non-hydrogen) atoms. The van der Waals surface area contributed by atoms with Gasteiger partial charge in [0.25, 0.3) is 0 Å². The van der Waals surface area contributed by atoms with E-state index >= 15 is 0 Å². The molecule has 4 heteroatoms. The molecule has 106 valence electrons. The first-order valence-electron chi connectivity index (χ1n) is 6.02. The topological polar surface area (TPSA) is 49.4 Å². The normalized spacial score (nSPS) is 11.9. The minimum atomic E-state index is -1.38. The average Bonchev–Trinajstić information content (AvgIpc) is 2.37. The van der Waals surface area contributed by atoms with E-state index in [4.69, 9.17) is 4.74 Å². The molecule has 0 radical (unpaired) electrons. The zero-order chi connectivity index (χ0) is 15.2. The Morgan fingerprint density at radius 1 is 1.35 bits per heavy atom. The highest BCUT2D eigenvalue weighted by atomic mass is 19.1. The highest BCUT2D eigenvalue weighted by Crippen LogP contribution is 2.24. The molecule has 0 unspecified atom stereocenters. The molecule has 0 aliphatic heterocycles. The fourth-order valence-corrected chi connectivity index (χ4v) is 1.46. The van der Waals surface area contributed by atoms with Crippen LogP contribution in [-0.4, -0.2) is 11.6 Å². The maximum atomic E-state index is 13.6. The third-order valence-electron chi connectivity index (χ3n) is 2.40. The molecule has 0 saturated carbocycles. The molecule has 0 aromatic heterocycles. The quantitative estimate of drug-likeness (QED) is 0.750. The van der Waals surface area contributed by atoms with E-state index in [0.717, 1.165) is 18.2 Å². The number of allylic oxidation sites excluding steroid dienone is 4. The summed E-state index contributed by atoms with van der Waals surface area (Å²) in [5.74, 6) is -2.13. The molecule has 0 aliphatic rings. The van der Waals surface area contributed by atoms with E-state index in [1.54, 1.807) is 44.2 Å². The fourth-order valence-electron chi connectivity index (χ4n) is 1.46. The van der Waals surface area contributed by atoms with Crippen LogP contribution in [0.2, 0.25) is 0 Å². The van der Waals surface area contributed by atoms with Crippen LogP contribution in [0.4, 0.5) is 4.39 Å². The van der Waals surface area contributed by atoms with Gasteiger partial charge >= 0.3 is 0 Å². The van der Waals surface area contributed by atoms with E-state index < -0.39 is 17.4 Å². The highest BCUT2D eigenvalue weighted by molar-refractivity contribution is 5.86. The second kappa shape index (κ2) is 6.70. The zero-order valence-corrected chi connectivity index (χ0v) is 11.4. The van der Waals surface area contributed by atoms with Crippen molar-refractivity contribution < 1.29 is 19.0 Å². The minimum absolute atomic E-state index is 0.131. The third-order valence-corrected chi connectivity index (χ3v) is 2.40. The van der Waals surface area contributed by atoms with Crippen LogP contribution in [0.25, 0.3) is 0 Å². The summed E-state index contributed by atoms with van der Waals surface area (Å²) in [5.41, 5.74) is -0.926. The summed E-state index contributed by atoms with van der Waals surface area (Å²) in [4.78, 5) is 10.8. The van der Waals surface area contributed by atoms with Gasteiger partial charge < -0.3 is 14.6 Å². The van der Waals surface area contributed by atoms with Gasteiger partial charge in [-0.15, -0.1) is 0 Å². The van der Waals surface area contributed by atoms with Crippen molar-refractivity contribution in [1.29, 1.82) is 0 Å². The Morgan fingerprint density at radius 2 is 2.05 bits per heavy atom. The van der Waals surface area contributed by atoms with Gasteiger partial charge in [-0.1, -0.05) is 30.9 Å². The van der Waals surface area contributed by atoms with Crippen molar-refractivity contribution in [2.75, 3.05) is 0 Å². The van der Waals surface area contributed by atoms with Crippen LogP contribution in [0, 0.1) is 5.82 Å². The molecule has 1 aromatic rings. The van der Waals surface area contributed by atoms with Crippen molar-refractivity contribution in [3.63, 3.8) is 0 Å². The summed E-state index contributed by atoms with van der Waals surface area (Å²) in [6.07, 6.45) is 8.58. The summed E-state index contributed by atoms with van der Waals surface area (Å²) < 4.78 is 19.1. The van der Waals surface area contributed by atoms with Gasteiger partial charge in [0, 0.05) is 5.56 Å². The van der Waals surface area contributed by atoms with E-state index in [-0.39, 0.29) is 11.3 Å². The van der Waals surface area contributed by atoms with Crippen molar-refractivity contribution >= 4 is 5.97 Å². The number of aromatic carboxylic acids is 1. The van der Waals surface area contributed by atoms with Gasteiger partial charge in [0.2, 0.25) is 0 Å². The number of rotatable bonds is 6. The number of ether oxygens (including phenoxy) is 1. The van der Waals surface area contributed by atoms with Crippen molar-refractivity contribution in [2.24, 2.45) is 0 Å². The van der Waals surface area contributed by atoms with Gasteiger partial charge in [-0.05, 0) is 38.1 Å². The summed E-state index contributed by atoms with van der Waals surface area (Å²) >= 11 is 0. The molecule has 0 saturated heterocycles. The monoisotopic (exact) mass is 275 g/mol. The number of carboxylic acids is 1. The van der Waals surface area contributed by atoms with Crippen molar-refractivity contribution in [3.8, 4) is 5.75 Å². The van der Waals surface area contributed by atoms with E-state index in [0.29, 0.717) is 0 Å². The standard InChI is InChI=1S/C16H17FO3/c1-4-5-6-7-10-16(2,3)20-14-11-12(15(18)19)8-9-13(14)17/h4-11H,1H2,2-3H3,(H,18,19)/p-1/b6-5-,10-7+. The summed E-state index contributed by atoms with van der Waals surface area (Å²) in [6.45, 7) is 7.00. The van der Waals surface area contributed by atoms with E-state index in [1.165, 1.54) is 0 Å². The fraction of sp³-hybridized carbons (Fsp3) is 0.188. The molecular formula is C16H16FO3-. The average molecular weight is 275 g/mol. The summed E-state index contributed by atoms with van der Waals surface area (Å²) in [7, 11) is 0. The summed E-state index contributed by atoms with van der Waals surface area (Å²) in [6, 6.07) is 3.28. The Balaban J connectivity index is 2.93. The van der Waals surface area contributed by atoms with Gasteiger partial charge in [-0.25, -0.2) is 4.39 Å². The number of carbonyl (C=O) groups excluding carboxylic acids is 1. The lowest BCUT2D eigenvalue weighted by Crippen LogP contribution is -2.26. The molecule has 0 amide bonds. The van der Waals surface area contributed by atoms with Crippen LogP contribution in [0.1, 0.15) is 24.2 Å². The Kier molecular flexibility index (Phi) is 5.26. The highest BCUT2D eigenvalue weighted by Gasteiger charge is 2.18. The molecule has 0 aliphatic carbocycles. The molecular weight excluding hydrogens is 259 g/mol. The SMILES string of the molecule is C=C/C=C\C=C\C(C)(C)Oc1cc(C(=O)[O-])ccc1F. The van der Waals surface area contributed by atoms with Crippen LogP contribution in [0.15, 0.2) is 55.2 Å². The number of halogens is 1. The number of hydrogen-bond acceptors (Lipinski definition) is 3. The molecule has 1 aromatic carbocycles. The number of carboxylic acid groups (broad SMARTS) is 1. The second-order valence-corrected chi connectivity index (χ2v) is 4.62. The van der Waals surface area contributed by atoms with Crippen molar-refractivity contribution in [1.82, 2.24) is 0 Å². The molecule has 0 spiro atoms. The Labute approximate surface area is 117 Å². The summed E-state index contributed by atoms with van der Waals surface area (Å²) in [5, 5.41) is 10.8. The maximum Gasteiger partial charge on any atom is 0.165 e. The first-order chi connectivity index (χ1) is 9.35. The van der Waals surface area contributed by atoms with Crippen molar-refractivity contribution in [2.45, 2.75) is 19.4 Å². The molecule has 1 rings (SSSR count). The number of benzene rings is 1. The Hall–Kier alpha value is -2.36. The predicted molar refractivity (Wildman–Crippen MR) is 73.9 cm³/mol. The first kappa shape index (κ1) is 15.7. The van der Waals surface area contributed by atoms with Crippen LogP contribution in [0.3, 0.4) is 0 Å². The number of hydrogen-bond donors (Lipinski definition) is 0. The third kappa shape index (κ3) is 4.72. The van der Waals surface area contributed by atoms with Gasteiger partial charge in [0.05, 0.1) is 5.97 Å². The largest absolute Gasteiger partial charge is 0.545 e. The van der Waals surface area contributed by atoms with Crippen LogP contribution < -0.4 is 9.84 Å². The minimum Gasteiger partial charge on any atom is -0.545 e. The maximum absolute atomic E-state index is 13.6. The Bertz CT molecular complexity index is 557.